The van der Waals surface area contributed by atoms with E-state index in [0.717, 1.165) is 12.1 Å². The van der Waals surface area contributed by atoms with E-state index in [9.17, 15) is 18.0 Å². The lowest BCUT2D eigenvalue weighted by Gasteiger charge is -2.33. The first-order valence-electron chi connectivity index (χ1n) is 9.23. The quantitative estimate of drug-likeness (QED) is 0.722. The number of carbonyl (C=O) groups is 1. The lowest BCUT2D eigenvalue weighted by molar-refractivity contribution is -0.274. The molecule has 0 fully saturated rings. The first-order chi connectivity index (χ1) is 13.9. The third kappa shape index (κ3) is 5.41. The van der Waals surface area contributed by atoms with Gasteiger partial charge in [0.15, 0.2) is 0 Å². The highest BCUT2D eigenvalue weighted by Gasteiger charge is 2.32. The molecule has 1 aliphatic heterocycles. The Morgan fingerprint density at radius 1 is 1.21 bits per heavy atom. The van der Waals surface area contributed by atoms with E-state index < -0.39 is 6.36 Å². The van der Waals surface area contributed by atoms with Gasteiger partial charge in [-0.1, -0.05) is 18.2 Å². The third-order valence-corrected chi connectivity index (χ3v) is 4.64. The predicted octanol–water partition coefficient (Wildman–Crippen LogP) is 4.28. The molecule has 152 valence electrons. The van der Waals surface area contributed by atoms with Crippen LogP contribution in [0.15, 0.2) is 48.5 Å². The van der Waals surface area contributed by atoms with Crippen LogP contribution in [0.4, 0.5) is 24.5 Å². The monoisotopic (exact) mass is 403 g/mol. The summed E-state index contributed by atoms with van der Waals surface area (Å²) in [5.74, 6) is -0.431. The van der Waals surface area contributed by atoms with Gasteiger partial charge in [-0.15, -0.1) is 13.2 Å². The Labute approximate surface area is 166 Å². The molecule has 0 radical (unpaired) electrons. The molecule has 0 atom stereocenters. The molecule has 0 spiro atoms. The van der Waals surface area contributed by atoms with Crippen molar-refractivity contribution in [2.45, 2.75) is 25.6 Å². The van der Waals surface area contributed by atoms with Crippen LogP contribution < -0.4 is 14.5 Å². The number of anilines is 2. The molecule has 0 aliphatic carbocycles. The summed E-state index contributed by atoms with van der Waals surface area (Å²) in [5, 5.41) is 8.91. The summed E-state index contributed by atoms with van der Waals surface area (Å²) >= 11 is 0. The van der Waals surface area contributed by atoms with Crippen LogP contribution in [0.25, 0.3) is 0 Å². The van der Waals surface area contributed by atoms with Crippen molar-refractivity contribution < 1.29 is 22.7 Å². The van der Waals surface area contributed by atoms with Crippen LogP contribution in [0.1, 0.15) is 18.4 Å². The molecule has 1 amide bonds. The fraction of sp³-hybridized carbons (Fsp3) is 0.333. The zero-order valence-corrected chi connectivity index (χ0v) is 15.7. The number of fused-ring (bicyclic) bond motifs is 1. The molecule has 29 heavy (non-hydrogen) atoms. The van der Waals surface area contributed by atoms with Crippen LogP contribution in [-0.2, 0) is 11.2 Å². The van der Waals surface area contributed by atoms with Gasteiger partial charge in [0, 0.05) is 24.5 Å². The number of para-hydroxylation sites is 1. The van der Waals surface area contributed by atoms with Crippen molar-refractivity contribution in [1.82, 2.24) is 0 Å². The molecule has 3 rings (SSSR count). The number of aryl methyl sites for hydroxylation is 1. The number of carbonyl (C=O) groups excluding carboxylic acids is 1. The van der Waals surface area contributed by atoms with Crippen LogP contribution in [-0.4, -0.2) is 31.9 Å². The number of benzene rings is 2. The molecule has 1 heterocycles. The van der Waals surface area contributed by atoms with Crippen LogP contribution in [0, 0.1) is 11.3 Å². The van der Waals surface area contributed by atoms with Crippen LogP contribution in [0.3, 0.4) is 0 Å². The standard InChI is InChI=1S/C21H20F3N3O2/c22-21(23,24)29-18-9-10-19-16(14-18)6-4-12-26(19)15-20(28)27(13-5-11-25)17-7-2-1-3-8-17/h1-3,7-10,14H,4-6,12-13,15H2. The smallest absolute Gasteiger partial charge is 0.406 e. The fourth-order valence-electron chi connectivity index (χ4n) is 3.43. The molecule has 0 aromatic heterocycles. The van der Waals surface area contributed by atoms with Gasteiger partial charge in [0.2, 0.25) is 5.91 Å². The highest BCUT2D eigenvalue weighted by Crippen LogP contribution is 2.32. The molecule has 0 bridgehead atoms. The molecule has 2 aromatic carbocycles. The first kappa shape index (κ1) is 20.5. The molecule has 0 unspecified atom stereocenters. The normalized spacial score (nSPS) is 13.4. The Bertz CT molecular complexity index is 894. The summed E-state index contributed by atoms with van der Waals surface area (Å²) in [6.07, 6.45) is -3.20. The SMILES string of the molecule is N#CCCN(C(=O)CN1CCCc2cc(OC(F)(F)F)ccc21)c1ccccc1. The van der Waals surface area contributed by atoms with Crippen molar-refractivity contribution in [2.24, 2.45) is 0 Å². The number of alkyl halides is 3. The number of hydrogen-bond acceptors (Lipinski definition) is 4. The Morgan fingerprint density at radius 3 is 2.66 bits per heavy atom. The number of nitrogens with zero attached hydrogens (tertiary/aromatic N) is 3. The van der Waals surface area contributed by atoms with Gasteiger partial charge in [0.1, 0.15) is 5.75 Å². The Morgan fingerprint density at radius 2 is 1.97 bits per heavy atom. The topological polar surface area (TPSA) is 56.6 Å². The second-order valence-electron chi connectivity index (χ2n) is 6.65. The molecule has 8 heteroatoms. The molecule has 5 nitrogen and oxygen atoms in total. The Kier molecular flexibility index (Phi) is 6.27. The van der Waals surface area contributed by atoms with Crippen molar-refractivity contribution in [3.63, 3.8) is 0 Å². The highest BCUT2D eigenvalue weighted by atomic mass is 19.4. The van der Waals surface area contributed by atoms with Crippen LogP contribution in [0.5, 0.6) is 5.75 Å². The Balaban J connectivity index is 1.78. The molecule has 1 aliphatic rings. The second kappa shape index (κ2) is 8.86. The first-order valence-corrected chi connectivity index (χ1v) is 9.23. The number of amides is 1. The summed E-state index contributed by atoms with van der Waals surface area (Å²) in [5.41, 5.74) is 2.15. The van der Waals surface area contributed by atoms with Crippen molar-refractivity contribution in [1.29, 1.82) is 5.26 Å². The largest absolute Gasteiger partial charge is 0.573 e. The van der Waals surface area contributed by atoms with Gasteiger partial charge >= 0.3 is 6.36 Å². The highest BCUT2D eigenvalue weighted by molar-refractivity contribution is 5.96. The van der Waals surface area contributed by atoms with E-state index in [1.54, 1.807) is 23.1 Å². The summed E-state index contributed by atoms with van der Waals surface area (Å²) in [4.78, 5) is 16.4. The summed E-state index contributed by atoms with van der Waals surface area (Å²) in [6, 6.07) is 15.4. The maximum absolute atomic E-state index is 13.0. The van der Waals surface area contributed by atoms with E-state index >= 15 is 0 Å². The average molecular weight is 403 g/mol. The second-order valence-corrected chi connectivity index (χ2v) is 6.65. The lowest BCUT2D eigenvalue weighted by atomic mass is 10.0. The minimum Gasteiger partial charge on any atom is -0.406 e. The van der Waals surface area contributed by atoms with Gasteiger partial charge < -0.3 is 14.5 Å². The molecular formula is C21H20F3N3O2. The average Bonchev–Trinajstić information content (AvgIpc) is 2.68. The molecule has 0 saturated carbocycles. The van der Waals surface area contributed by atoms with Gasteiger partial charge in [0.25, 0.3) is 0 Å². The van der Waals surface area contributed by atoms with Crippen LogP contribution >= 0.6 is 0 Å². The minimum absolute atomic E-state index is 0.0762. The predicted molar refractivity (Wildman–Crippen MR) is 103 cm³/mol. The van der Waals surface area contributed by atoms with Crippen molar-refractivity contribution >= 4 is 17.3 Å². The van der Waals surface area contributed by atoms with Crippen molar-refractivity contribution in [3.8, 4) is 11.8 Å². The van der Waals surface area contributed by atoms with Gasteiger partial charge in [-0.3, -0.25) is 4.79 Å². The molecule has 0 N–H and O–H groups in total. The van der Waals surface area contributed by atoms with Crippen molar-refractivity contribution in [3.05, 3.63) is 54.1 Å². The van der Waals surface area contributed by atoms with E-state index in [2.05, 4.69) is 10.8 Å². The van der Waals surface area contributed by atoms with E-state index in [1.165, 1.54) is 12.1 Å². The summed E-state index contributed by atoms with van der Waals surface area (Å²) in [7, 11) is 0. The number of ether oxygens (including phenoxy) is 1. The number of rotatable bonds is 6. The van der Waals surface area contributed by atoms with Crippen LogP contribution in [0.2, 0.25) is 0 Å². The van der Waals surface area contributed by atoms with E-state index in [1.807, 2.05) is 23.1 Å². The Hall–Kier alpha value is -3.21. The maximum atomic E-state index is 13.0. The molecule has 0 saturated heterocycles. The number of hydrogen-bond donors (Lipinski definition) is 0. The maximum Gasteiger partial charge on any atom is 0.573 e. The molecular weight excluding hydrogens is 383 g/mol. The minimum atomic E-state index is -4.74. The van der Waals surface area contributed by atoms with E-state index in [-0.39, 0.29) is 31.2 Å². The third-order valence-electron chi connectivity index (χ3n) is 4.64. The van der Waals surface area contributed by atoms with Gasteiger partial charge in [-0.25, -0.2) is 0 Å². The summed E-state index contributed by atoms with van der Waals surface area (Å²) < 4.78 is 41.4. The number of halogens is 3. The van der Waals surface area contributed by atoms with Gasteiger partial charge in [0.05, 0.1) is 19.0 Å². The van der Waals surface area contributed by atoms with Crippen molar-refractivity contribution in [2.75, 3.05) is 29.4 Å². The van der Waals surface area contributed by atoms with Gasteiger partial charge in [-0.2, -0.15) is 5.26 Å². The zero-order valence-electron chi connectivity index (χ0n) is 15.7. The summed E-state index contributed by atoms with van der Waals surface area (Å²) in [6.45, 7) is 0.976. The zero-order chi connectivity index (χ0) is 20.9. The number of nitriles is 1. The van der Waals surface area contributed by atoms with E-state index in [0.29, 0.717) is 24.2 Å². The fourth-order valence-corrected chi connectivity index (χ4v) is 3.43. The van der Waals surface area contributed by atoms with E-state index in [4.69, 9.17) is 5.26 Å². The lowest BCUT2D eigenvalue weighted by Crippen LogP contribution is -2.42. The molecule has 2 aromatic rings. The van der Waals surface area contributed by atoms with Gasteiger partial charge in [-0.05, 0) is 48.7 Å².